The third-order valence-corrected chi connectivity index (χ3v) is 4.24. The van der Waals surface area contributed by atoms with Crippen molar-refractivity contribution in [2.75, 3.05) is 18.0 Å². The molecule has 22 heavy (non-hydrogen) atoms. The number of piperidine rings is 1. The quantitative estimate of drug-likeness (QED) is 0.773. The maximum absolute atomic E-state index is 11.3. The van der Waals surface area contributed by atoms with Crippen LogP contribution < -0.4 is 4.90 Å². The number of hydrogen-bond donors (Lipinski definition) is 1. The summed E-state index contributed by atoms with van der Waals surface area (Å²) in [7, 11) is 0. The minimum absolute atomic E-state index is 0.320. The molecule has 1 atom stereocenters. The van der Waals surface area contributed by atoms with E-state index in [1.807, 2.05) is 12.1 Å². The van der Waals surface area contributed by atoms with Crippen molar-refractivity contribution in [2.45, 2.75) is 12.8 Å². The van der Waals surface area contributed by atoms with Gasteiger partial charge in [-0.2, -0.15) is 14.8 Å². The van der Waals surface area contributed by atoms with E-state index in [0.29, 0.717) is 6.54 Å². The molecule has 1 unspecified atom stereocenters. The van der Waals surface area contributed by atoms with Gasteiger partial charge >= 0.3 is 5.97 Å². The molecule has 0 amide bonds. The first kappa shape index (κ1) is 13.0. The van der Waals surface area contributed by atoms with E-state index in [0.717, 1.165) is 41.5 Å². The number of pyridine rings is 1. The van der Waals surface area contributed by atoms with E-state index in [1.54, 1.807) is 23.2 Å². The second-order valence-electron chi connectivity index (χ2n) is 5.56. The highest BCUT2D eigenvalue weighted by atomic mass is 16.4. The van der Waals surface area contributed by atoms with Crippen LogP contribution in [-0.2, 0) is 4.79 Å². The van der Waals surface area contributed by atoms with Gasteiger partial charge in [-0.05, 0) is 25.0 Å². The van der Waals surface area contributed by atoms with Gasteiger partial charge in [0.05, 0.1) is 40.4 Å². The Hall–Kier alpha value is -2.70. The van der Waals surface area contributed by atoms with Gasteiger partial charge in [0.2, 0.25) is 0 Å². The molecule has 0 aliphatic carbocycles. The van der Waals surface area contributed by atoms with Gasteiger partial charge in [-0.25, -0.2) is 0 Å². The van der Waals surface area contributed by atoms with Crippen LogP contribution in [-0.4, -0.2) is 44.0 Å². The Kier molecular flexibility index (Phi) is 2.92. The summed E-state index contributed by atoms with van der Waals surface area (Å²) in [5.41, 5.74) is 2.69. The Morgan fingerprint density at radius 3 is 3.05 bits per heavy atom. The fourth-order valence-electron chi connectivity index (χ4n) is 3.17. The fourth-order valence-corrected chi connectivity index (χ4v) is 3.17. The zero-order valence-corrected chi connectivity index (χ0v) is 11.9. The monoisotopic (exact) mass is 297 g/mol. The second kappa shape index (κ2) is 4.94. The third-order valence-electron chi connectivity index (χ3n) is 4.24. The SMILES string of the molecule is O=C(O)C1CCCN(c2ccnc3cnn4nccc4c23)C1. The standard InChI is InChI=1S/C15H15N5O2/c21-15(22)10-2-1-7-19(9-10)12-3-5-16-11-8-18-20-13(14(11)12)4-6-17-20/h3-6,8,10H,1-2,7,9H2,(H,21,22). The number of rotatable bonds is 2. The van der Waals surface area contributed by atoms with E-state index < -0.39 is 5.97 Å². The first-order valence-electron chi connectivity index (χ1n) is 7.29. The summed E-state index contributed by atoms with van der Waals surface area (Å²) in [6, 6.07) is 3.85. The predicted molar refractivity (Wildman–Crippen MR) is 80.9 cm³/mol. The van der Waals surface area contributed by atoms with E-state index in [-0.39, 0.29) is 5.92 Å². The highest BCUT2D eigenvalue weighted by molar-refractivity contribution is 6.02. The lowest BCUT2D eigenvalue weighted by molar-refractivity contribution is -0.141. The number of aromatic nitrogens is 4. The molecule has 1 N–H and O–H groups in total. The molecule has 3 aromatic rings. The molecule has 112 valence electrons. The molecule has 1 aliphatic heterocycles. The van der Waals surface area contributed by atoms with Gasteiger partial charge < -0.3 is 10.0 Å². The van der Waals surface area contributed by atoms with Crippen molar-refractivity contribution in [3.05, 3.63) is 30.7 Å². The Labute approximate surface area is 126 Å². The molecule has 4 rings (SSSR count). The summed E-state index contributed by atoms with van der Waals surface area (Å²) in [4.78, 5) is 17.8. The van der Waals surface area contributed by atoms with Crippen molar-refractivity contribution in [1.29, 1.82) is 0 Å². The maximum Gasteiger partial charge on any atom is 0.308 e. The lowest BCUT2D eigenvalue weighted by Gasteiger charge is -2.33. The Bertz CT molecular complexity index is 859. The first-order valence-corrected chi connectivity index (χ1v) is 7.29. The number of fused-ring (bicyclic) bond motifs is 3. The number of carboxylic acids is 1. The molecule has 0 spiro atoms. The second-order valence-corrected chi connectivity index (χ2v) is 5.56. The van der Waals surface area contributed by atoms with Crippen LogP contribution in [0.5, 0.6) is 0 Å². The van der Waals surface area contributed by atoms with Gasteiger partial charge in [-0.3, -0.25) is 9.78 Å². The van der Waals surface area contributed by atoms with Crippen LogP contribution >= 0.6 is 0 Å². The largest absolute Gasteiger partial charge is 0.481 e. The summed E-state index contributed by atoms with van der Waals surface area (Å²) in [5.74, 6) is -1.04. The number of aliphatic carboxylic acids is 1. The zero-order valence-electron chi connectivity index (χ0n) is 11.9. The van der Waals surface area contributed by atoms with Crippen LogP contribution in [0.25, 0.3) is 16.4 Å². The highest BCUT2D eigenvalue weighted by Gasteiger charge is 2.26. The van der Waals surface area contributed by atoms with E-state index in [4.69, 9.17) is 0 Å². The topological polar surface area (TPSA) is 83.6 Å². The zero-order chi connectivity index (χ0) is 15.1. The number of anilines is 1. The van der Waals surface area contributed by atoms with Crippen molar-refractivity contribution in [1.82, 2.24) is 19.8 Å². The minimum Gasteiger partial charge on any atom is -0.481 e. The molecule has 0 saturated carbocycles. The Morgan fingerprint density at radius 1 is 1.27 bits per heavy atom. The summed E-state index contributed by atoms with van der Waals surface area (Å²) >= 11 is 0. The lowest BCUT2D eigenvalue weighted by atomic mass is 9.97. The lowest BCUT2D eigenvalue weighted by Crippen LogP contribution is -2.38. The van der Waals surface area contributed by atoms with E-state index >= 15 is 0 Å². The molecule has 1 saturated heterocycles. The molecule has 4 heterocycles. The summed E-state index contributed by atoms with van der Waals surface area (Å²) in [5, 5.41) is 18.7. The minimum atomic E-state index is -0.723. The van der Waals surface area contributed by atoms with Gasteiger partial charge in [0, 0.05) is 19.3 Å². The van der Waals surface area contributed by atoms with E-state index in [1.165, 1.54) is 0 Å². The Morgan fingerprint density at radius 2 is 2.18 bits per heavy atom. The van der Waals surface area contributed by atoms with Crippen molar-refractivity contribution < 1.29 is 9.90 Å². The molecule has 7 heteroatoms. The van der Waals surface area contributed by atoms with Crippen molar-refractivity contribution in [3.8, 4) is 0 Å². The predicted octanol–water partition coefficient (Wildman–Crippen LogP) is 1.58. The molecule has 1 aliphatic rings. The van der Waals surface area contributed by atoms with Crippen LogP contribution in [0.2, 0.25) is 0 Å². The van der Waals surface area contributed by atoms with Gasteiger partial charge in [-0.1, -0.05) is 0 Å². The van der Waals surface area contributed by atoms with E-state index in [2.05, 4.69) is 20.1 Å². The van der Waals surface area contributed by atoms with Crippen LogP contribution in [0.1, 0.15) is 12.8 Å². The van der Waals surface area contributed by atoms with Crippen molar-refractivity contribution in [2.24, 2.45) is 5.92 Å². The van der Waals surface area contributed by atoms with Gasteiger partial charge in [0.1, 0.15) is 0 Å². The molecular weight excluding hydrogens is 282 g/mol. The van der Waals surface area contributed by atoms with Crippen LogP contribution in [0, 0.1) is 5.92 Å². The fraction of sp³-hybridized carbons (Fsp3) is 0.333. The maximum atomic E-state index is 11.3. The normalized spacial score (nSPS) is 18.9. The summed E-state index contributed by atoms with van der Waals surface area (Å²) in [6.45, 7) is 1.38. The number of nitrogens with zero attached hydrogens (tertiary/aromatic N) is 5. The number of carboxylic acid groups (broad SMARTS) is 1. The smallest absolute Gasteiger partial charge is 0.308 e. The molecule has 0 aromatic carbocycles. The van der Waals surface area contributed by atoms with Gasteiger partial charge in [-0.15, -0.1) is 0 Å². The summed E-state index contributed by atoms with van der Waals surface area (Å²) < 4.78 is 1.58. The Balaban J connectivity index is 1.87. The van der Waals surface area contributed by atoms with Crippen molar-refractivity contribution in [3.63, 3.8) is 0 Å². The van der Waals surface area contributed by atoms with Crippen molar-refractivity contribution >= 4 is 28.1 Å². The number of hydrogen-bond acceptors (Lipinski definition) is 5. The molecule has 1 fully saturated rings. The van der Waals surface area contributed by atoms with Crippen LogP contribution in [0.15, 0.2) is 30.7 Å². The van der Waals surface area contributed by atoms with Crippen LogP contribution in [0.3, 0.4) is 0 Å². The molecule has 0 radical (unpaired) electrons. The highest BCUT2D eigenvalue weighted by Crippen LogP contribution is 2.31. The summed E-state index contributed by atoms with van der Waals surface area (Å²) in [6.07, 6.45) is 6.75. The average molecular weight is 297 g/mol. The number of carbonyl (C=O) groups is 1. The van der Waals surface area contributed by atoms with E-state index in [9.17, 15) is 9.90 Å². The molecule has 0 bridgehead atoms. The average Bonchev–Trinajstić information content (AvgIpc) is 3.03. The molecule has 7 nitrogen and oxygen atoms in total. The molecular formula is C15H15N5O2. The van der Waals surface area contributed by atoms with Crippen LogP contribution in [0.4, 0.5) is 5.69 Å². The van der Waals surface area contributed by atoms with Gasteiger partial charge in [0.25, 0.3) is 0 Å². The van der Waals surface area contributed by atoms with Gasteiger partial charge in [0.15, 0.2) is 0 Å². The third kappa shape index (κ3) is 1.97. The first-order chi connectivity index (χ1) is 10.7. The molecule has 3 aromatic heterocycles.